The summed E-state index contributed by atoms with van der Waals surface area (Å²) in [5, 5.41) is 11.8. The molecule has 0 aromatic heterocycles. The number of carboxylic acids is 1. The van der Waals surface area contributed by atoms with E-state index in [1.54, 1.807) is 36.4 Å². The molecule has 0 saturated carbocycles. The minimum Gasteiger partial charge on any atom is -0.496 e. The van der Waals surface area contributed by atoms with Gasteiger partial charge < -0.3 is 15.2 Å². The van der Waals surface area contributed by atoms with Crippen LogP contribution >= 0.6 is 11.6 Å². The van der Waals surface area contributed by atoms with Crippen molar-refractivity contribution < 1.29 is 24.2 Å². The van der Waals surface area contributed by atoms with Crippen LogP contribution < -0.4 is 10.1 Å². The van der Waals surface area contributed by atoms with Crippen LogP contribution in [0, 0.1) is 0 Å². The molecule has 0 radical (unpaired) electrons. The molecule has 7 heteroatoms. The summed E-state index contributed by atoms with van der Waals surface area (Å²) in [7, 11) is 1.46. The van der Waals surface area contributed by atoms with Gasteiger partial charge in [-0.25, -0.2) is 0 Å². The lowest BCUT2D eigenvalue weighted by molar-refractivity contribution is -0.136. The Balaban J connectivity index is 1.91. The zero-order chi connectivity index (χ0) is 19.1. The van der Waals surface area contributed by atoms with Crippen LogP contribution in [0.5, 0.6) is 5.75 Å². The third kappa shape index (κ3) is 5.60. The summed E-state index contributed by atoms with van der Waals surface area (Å²) in [5.74, 6) is -1.06. The highest BCUT2D eigenvalue weighted by Gasteiger charge is 2.15. The van der Waals surface area contributed by atoms with Gasteiger partial charge in [0.05, 0.1) is 19.1 Å². The third-order valence-corrected chi connectivity index (χ3v) is 3.87. The number of carbonyl (C=O) groups excluding carboxylic acids is 2. The van der Waals surface area contributed by atoms with Crippen molar-refractivity contribution in [3.63, 3.8) is 0 Å². The van der Waals surface area contributed by atoms with Crippen LogP contribution in [0.15, 0.2) is 42.5 Å². The number of aliphatic carboxylic acids is 1. The maximum absolute atomic E-state index is 12.3. The van der Waals surface area contributed by atoms with E-state index in [0.717, 1.165) is 0 Å². The number of hydrogen-bond acceptors (Lipinski definition) is 4. The number of carbonyl (C=O) groups is 3. The average Bonchev–Trinajstić information content (AvgIpc) is 2.61. The molecule has 0 aliphatic carbocycles. The monoisotopic (exact) mass is 375 g/mol. The molecular formula is C19H18ClNO5. The molecule has 136 valence electrons. The van der Waals surface area contributed by atoms with E-state index in [9.17, 15) is 14.4 Å². The SMILES string of the molecule is COc1ccc(Cl)cc1C(=O)CCC(=O)Nc1ccc(CC(=O)O)cc1. The summed E-state index contributed by atoms with van der Waals surface area (Å²) in [6, 6.07) is 11.3. The summed E-state index contributed by atoms with van der Waals surface area (Å²) in [5.41, 5.74) is 1.52. The Morgan fingerprint density at radius 2 is 1.77 bits per heavy atom. The largest absolute Gasteiger partial charge is 0.496 e. The highest BCUT2D eigenvalue weighted by Crippen LogP contribution is 2.24. The quantitative estimate of drug-likeness (QED) is 0.688. The number of ketones is 1. The van der Waals surface area contributed by atoms with Gasteiger partial charge in [-0.3, -0.25) is 14.4 Å². The zero-order valence-corrected chi connectivity index (χ0v) is 14.9. The Bertz CT molecular complexity index is 817. The number of Topliss-reactive ketones (excluding diaryl/α,β-unsaturated/α-hetero) is 1. The Labute approximate surface area is 155 Å². The molecule has 2 aromatic rings. The van der Waals surface area contributed by atoms with Gasteiger partial charge in [0.25, 0.3) is 0 Å². The molecule has 26 heavy (non-hydrogen) atoms. The molecule has 0 unspecified atom stereocenters. The van der Waals surface area contributed by atoms with Crippen molar-refractivity contribution in [1.82, 2.24) is 0 Å². The van der Waals surface area contributed by atoms with E-state index in [2.05, 4.69) is 5.32 Å². The van der Waals surface area contributed by atoms with E-state index in [0.29, 0.717) is 27.6 Å². The van der Waals surface area contributed by atoms with Gasteiger partial charge in [-0.2, -0.15) is 0 Å². The minimum absolute atomic E-state index is 0.00534. The highest BCUT2D eigenvalue weighted by atomic mass is 35.5. The standard InChI is InChI=1S/C19H18ClNO5/c1-26-17-8-4-13(20)11-15(17)16(22)7-9-18(23)21-14-5-2-12(3-6-14)10-19(24)25/h2-6,8,11H,7,9-10H2,1H3,(H,21,23)(H,24,25). The number of benzene rings is 2. The molecule has 0 saturated heterocycles. The molecule has 1 amide bonds. The molecule has 2 N–H and O–H groups in total. The van der Waals surface area contributed by atoms with E-state index in [1.807, 2.05) is 0 Å². The fourth-order valence-corrected chi connectivity index (χ4v) is 2.54. The number of rotatable bonds is 8. The van der Waals surface area contributed by atoms with Gasteiger partial charge in [0.15, 0.2) is 5.78 Å². The zero-order valence-electron chi connectivity index (χ0n) is 14.1. The van der Waals surface area contributed by atoms with Crippen LogP contribution in [0.2, 0.25) is 5.02 Å². The van der Waals surface area contributed by atoms with Gasteiger partial charge in [-0.1, -0.05) is 23.7 Å². The molecular weight excluding hydrogens is 358 g/mol. The Morgan fingerprint density at radius 1 is 1.08 bits per heavy atom. The van der Waals surface area contributed by atoms with Crippen LogP contribution in [0.25, 0.3) is 0 Å². The predicted molar refractivity (Wildman–Crippen MR) is 98.0 cm³/mol. The molecule has 0 aliphatic heterocycles. The van der Waals surface area contributed by atoms with E-state index >= 15 is 0 Å². The Morgan fingerprint density at radius 3 is 2.38 bits per heavy atom. The second kappa shape index (κ2) is 9.01. The Hall–Kier alpha value is -2.86. The fraction of sp³-hybridized carbons (Fsp3) is 0.211. The number of anilines is 1. The normalized spacial score (nSPS) is 10.2. The molecule has 0 fully saturated rings. The van der Waals surface area contributed by atoms with Gasteiger partial charge in [0.1, 0.15) is 5.75 Å². The molecule has 0 bridgehead atoms. The molecule has 0 atom stereocenters. The summed E-state index contributed by atoms with van der Waals surface area (Å²) >= 11 is 5.91. The first-order valence-electron chi connectivity index (χ1n) is 7.86. The van der Waals surface area contributed by atoms with Crippen molar-refractivity contribution in [2.75, 3.05) is 12.4 Å². The van der Waals surface area contributed by atoms with Gasteiger partial charge >= 0.3 is 5.97 Å². The second-order valence-corrected chi connectivity index (χ2v) is 6.02. The number of hydrogen-bond donors (Lipinski definition) is 2. The van der Waals surface area contributed by atoms with Crippen molar-refractivity contribution in [2.24, 2.45) is 0 Å². The number of halogens is 1. The van der Waals surface area contributed by atoms with E-state index in [4.69, 9.17) is 21.4 Å². The lowest BCUT2D eigenvalue weighted by Gasteiger charge is -2.09. The van der Waals surface area contributed by atoms with Gasteiger partial charge in [-0.15, -0.1) is 0 Å². The van der Waals surface area contributed by atoms with E-state index in [1.165, 1.54) is 13.2 Å². The van der Waals surface area contributed by atoms with Crippen molar-refractivity contribution in [1.29, 1.82) is 0 Å². The number of nitrogens with one attached hydrogen (secondary N) is 1. The van der Waals surface area contributed by atoms with Gasteiger partial charge in [-0.05, 0) is 35.9 Å². The smallest absolute Gasteiger partial charge is 0.307 e. The molecule has 2 aromatic carbocycles. The third-order valence-electron chi connectivity index (χ3n) is 3.63. The van der Waals surface area contributed by atoms with Crippen molar-refractivity contribution in [2.45, 2.75) is 19.3 Å². The fourth-order valence-electron chi connectivity index (χ4n) is 2.36. The summed E-state index contributed by atoms with van der Waals surface area (Å²) in [6.07, 6.45) is -0.0603. The molecule has 0 spiro atoms. The summed E-state index contributed by atoms with van der Waals surface area (Å²) < 4.78 is 5.14. The predicted octanol–water partition coefficient (Wildman–Crippen LogP) is 3.58. The first-order chi connectivity index (χ1) is 12.4. The lowest BCUT2D eigenvalue weighted by atomic mass is 10.1. The maximum atomic E-state index is 12.3. The van der Waals surface area contributed by atoms with E-state index in [-0.39, 0.29) is 31.0 Å². The van der Waals surface area contributed by atoms with Crippen LogP contribution in [0.4, 0.5) is 5.69 Å². The van der Waals surface area contributed by atoms with Crippen LogP contribution in [0.3, 0.4) is 0 Å². The molecule has 2 rings (SSSR count). The summed E-state index contributed by atoms with van der Waals surface area (Å²) in [4.78, 5) is 35.0. The highest BCUT2D eigenvalue weighted by molar-refractivity contribution is 6.31. The van der Waals surface area contributed by atoms with Crippen LogP contribution in [-0.2, 0) is 16.0 Å². The van der Waals surface area contributed by atoms with Crippen molar-refractivity contribution in [3.05, 3.63) is 58.6 Å². The summed E-state index contributed by atoms with van der Waals surface area (Å²) in [6.45, 7) is 0. The number of ether oxygens (including phenoxy) is 1. The first kappa shape index (κ1) is 19.5. The molecule has 0 aliphatic rings. The van der Waals surface area contributed by atoms with Crippen molar-refractivity contribution in [3.8, 4) is 5.75 Å². The number of methoxy groups -OCH3 is 1. The van der Waals surface area contributed by atoms with Crippen molar-refractivity contribution >= 4 is 34.9 Å². The van der Waals surface area contributed by atoms with E-state index < -0.39 is 5.97 Å². The van der Waals surface area contributed by atoms with Gasteiger partial charge in [0.2, 0.25) is 5.91 Å². The van der Waals surface area contributed by atoms with Crippen LogP contribution in [-0.4, -0.2) is 29.9 Å². The topological polar surface area (TPSA) is 92.7 Å². The Kier molecular flexibility index (Phi) is 6.74. The number of carboxylic acid groups (broad SMARTS) is 1. The second-order valence-electron chi connectivity index (χ2n) is 5.58. The lowest BCUT2D eigenvalue weighted by Crippen LogP contribution is -2.14. The van der Waals surface area contributed by atoms with Crippen LogP contribution in [0.1, 0.15) is 28.8 Å². The average molecular weight is 376 g/mol. The molecule has 0 heterocycles. The molecule has 6 nitrogen and oxygen atoms in total. The first-order valence-corrected chi connectivity index (χ1v) is 8.24. The number of amides is 1. The maximum Gasteiger partial charge on any atom is 0.307 e. The minimum atomic E-state index is -0.920. The van der Waals surface area contributed by atoms with Gasteiger partial charge in [0, 0.05) is 23.6 Å².